The van der Waals surface area contributed by atoms with Gasteiger partial charge in [0, 0.05) is 0 Å². The summed E-state index contributed by atoms with van der Waals surface area (Å²) in [5.74, 6) is -0.879. The third-order valence-corrected chi connectivity index (χ3v) is 1.02. The third kappa shape index (κ3) is 7.52. The summed E-state index contributed by atoms with van der Waals surface area (Å²) in [6, 6.07) is 8.30. The number of carboxylic acid groups (broad SMARTS) is 2. The van der Waals surface area contributed by atoms with Crippen molar-refractivity contribution in [2.75, 3.05) is 0 Å². The zero-order valence-electron chi connectivity index (χ0n) is 6.18. The number of carboxylic acids is 1. The van der Waals surface area contributed by atoms with Crippen LogP contribution in [-0.4, -0.2) is 52.2 Å². The van der Waals surface area contributed by atoms with Crippen molar-refractivity contribution < 1.29 is 19.8 Å². The van der Waals surface area contributed by atoms with Gasteiger partial charge in [0.25, 0.3) is 6.47 Å². The van der Waals surface area contributed by atoms with Crippen LogP contribution in [0, 0.1) is 0 Å². The average molecular weight is 192 g/mol. The summed E-state index contributed by atoms with van der Waals surface area (Å²) >= 11 is 0. The number of rotatable bonds is 1. The number of carbonyl (C=O) groups is 2. The molecule has 1 aromatic carbocycles. The molecular formula is C8H9NaO4. The van der Waals surface area contributed by atoms with E-state index in [4.69, 9.17) is 15.0 Å². The first-order chi connectivity index (χ1) is 5.72. The van der Waals surface area contributed by atoms with Crippen LogP contribution in [0.3, 0.4) is 0 Å². The Hall–Kier alpha value is -0.840. The molecule has 0 aromatic heterocycles. The molecule has 0 aliphatic carbocycles. The van der Waals surface area contributed by atoms with Crippen molar-refractivity contribution in [1.29, 1.82) is 0 Å². The Labute approximate surface area is 97.5 Å². The Morgan fingerprint density at radius 1 is 1.23 bits per heavy atom. The minimum atomic E-state index is -0.879. The van der Waals surface area contributed by atoms with Crippen molar-refractivity contribution in [2.24, 2.45) is 0 Å². The fourth-order valence-electron chi connectivity index (χ4n) is 0.581. The van der Waals surface area contributed by atoms with E-state index >= 15 is 0 Å². The van der Waals surface area contributed by atoms with Crippen LogP contribution in [0.2, 0.25) is 0 Å². The van der Waals surface area contributed by atoms with E-state index < -0.39 is 5.97 Å². The van der Waals surface area contributed by atoms with E-state index in [9.17, 15) is 4.79 Å². The molecule has 4 nitrogen and oxygen atoms in total. The second-order valence-corrected chi connectivity index (χ2v) is 1.78. The van der Waals surface area contributed by atoms with E-state index in [2.05, 4.69) is 0 Å². The van der Waals surface area contributed by atoms with Crippen LogP contribution in [0.5, 0.6) is 0 Å². The zero-order valence-corrected chi connectivity index (χ0v) is 6.18. The fourth-order valence-corrected chi connectivity index (χ4v) is 0.581. The monoisotopic (exact) mass is 192 g/mol. The molecule has 0 atom stereocenters. The maximum absolute atomic E-state index is 10.2. The van der Waals surface area contributed by atoms with E-state index in [0.29, 0.717) is 5.56 Å². The standard InChI is InChI=1S/C7H6O2.CH2O2.Na.H/c8-7(9)6-4-2-1-3-5-6;2-1-3;;/h1-5H,(H,8,9);1H,(H,2,3);;. The van der Waals surface area contributed by atoms with E-state index in [0.717, 1.165) is 0 Å². The molecule has 0 heterocycles. The Morgan fingerprint density at radius 2 is 1.62 bits per heavy atom. The van der Waals surface area contributed by atoms with Gasteiger partial charge in [-0.3, -0.25) is 4.79 Å². The Morgan fingerprint density at radius 3 is 1.85 bits per heavy atom. The van der Waals surface area contributed by atoms with Crippen molar-refractivity contribution in [3.63, 3.8) is 0 Å². The third-order valence-electron chi connectivity index (χ3n) is 1.02. The molecule has 0 spiro atoms. The maximum atomic E-state index is 10.2. The zero-order chi connectivity index (χ0) is 9.40. The second kappa shape index (κ2) is 9.25. The molecule has 0 aliphatic heterocycles. The van der Waals surface area contributed by atoms with Gasteiger partial charge in [-0.15, -0.1) is 0 Å². The van der Waals surface area contributed by atoms with Gasteiger partial charge in [0.15, 0.2) is 0 Å². The van der Waals surface area contributed by atoms with Crippen molar-refractivity contribution in [3.8, 4) is 0 Å². The van der Waals surface area contributed by atoms with Gasteiger partial charge in [-0.1, -0.05) is 18.2 Å². The molecule has 0 saturated carbocycles. The predicted octanol–water partition coefficient (Wildman–Crippen LogP) is 0.437. The van der Waals surface area contributed by atoms with Crippen molar-refractivity contribution in [1.82, 2.24) is 0 Å². The number of aromatic carboxylic acids is 1. The molecule has 0 aliphatic rings. The fraction of sp³-hybridized carbons (Fsp3) is 0. The first kappa shape index (κ1) is 14.7. The molecule has 1 rings (SSSR count). The summed E-state index contributed by atoms with van der Waals surface area (Å²) < 4.78 is 0. The SMILES string of the molecule is O=C(O)c1ccccc1.O=CO.[NaH]. The van der Waals surface area contributed by atoms with Crippen LogP contribution < -0.4 is 0 Å². The van der Waals surface area contributed by atoms with Crippen molar-refractivity contribution in [2.45, 2.75) is 0 Å². The first-order valence-electron chi connectivity index (χ1n) is 3.08. The minimum absolute atomic E-state index is 0. The molecule has 0 radical (unpaired) electrons. The Balaban J connectivity index is 0. The molecule has 5 heteroatoms. The molecular weight excluding hydrogens is 183 g/mol. The number of hydrogen-bond acceptors (Lipinski definition) is 2. The molecule has 0 amide bonds. The first-order valence-corrected chi connectivity index (χ1v) is 3.08. The van der Waals surface area contributed by atoms with Crippen LogP contribution in [-0.2, 0) is 4.79 Å². The van der Waals surface area contributed by atoms with Crippen LogP contribution >= 0.6 is 0 Å². The molecule has 0 fully saturated rings. The molecule has 13 heavy (non-hydrogen) atoms. The van der Waals surface area contributed by atoms with Crippen LogP contribution in [0.15, 0.2) is 30.3 Å². The number of benzene rings is 1. The topological polar surface area (TPSA) is 74.6 Å². The van der Waals surface area contributed by atoms with Gasteiger partial charge in [-0.25, -0.2) is 4.79 Å². The van der Waals surface area contributed by atoms with Crippen LogP contribution in [0.25, 0.3) is 0 Å². The van der Waals surface area contributed by atoms with E-state index in [1.807, 2.05) is 0 Å². The van der Waals surface area contributed by atoms with Crippen molar-refractivity contribution in [3.05, 3.63) is 35.9 Å². The van der Waals surface area contributed by atoms with Crippen LogP contribution in [0.1, 0.15) is 10.4 Å². The van der Waals surface area contributed by atoms with E-state index in [1.165, 1.54) is 0 Å². The normalized spacial score (nSPS) is 7.08. The molecule has 1 aromatic rings. The van der Waals surface area contributed by atoms with E-state index in [-0.39, 0.29) is 36.0 Å². The summed E-state index contributed by atoms with van der Waals surface area (Å²) in [4.78, 5) is 18.6. The van der Waals surface area contributed by atoms with E-state index in [1.54, 1.807) is 30.3 Å². The van der Waals surface area contributed by atoms with Gasteiger partial charge >= 0.3 is 35.5 Å². The molecule has 2 N–H and O–H groups in total. The molecule has 0 saturated heterocycles. The van der Waals surface area contributed by atoms with Crippen LogP contribution in [0.4, 0.5) is 0 Å². The van der Waals surface area contributed by atoms with Gasteiger partial charge in [0.1, 0.15) is 0 Å². The molecule has 0 bridgehead atoms. The van der Waals surface area contributed by atoms with Crippen molar-refractivity contribution >= 4 is 42.0 Å². The number of hydrogen-bond donors (Lipinski definition) is 2. The molecule has 0 unspecified atom stereocenters. The quantitative estimate of drug-likeness (QED) is 0.500. The average Bonchev–Trinajstić information content (AvgIpc) is 2.07. The second-order valence-electron chi connectivity index (χ2n) is 1.78. The van der Waals surface area contributed by atoms with Gasteiger partial charge in [0.05, 0.1) is 5.56 Å². The Kier molecular flexibility index (Phi) is 10.4. The summed E-state index contributed by atoms with van der Waals surface area (Å²) in [5, 5.41) is 15.3. The summed E-state index contributed by atoms with van der Waals surface area (Å²) in [7, 11) is 0. The Bertz CT molecular complexity index is 248. The van der Waals surface area contributed by atoms with Gasteiger partial charge < -0.3 is 10.2 Å². The van der Waals surface area contributed by atoms with Gasteiger partial charge in [0.2, 0.25) is 0 Å². The summed E-state index contributed by atoms with van der Waals surface area (Å²) in [5.41, 5.74) is 0.331. The summed E-state index contributed by atoms with van der Waals surface area (Å²) in [6.07, 6.45) is 0. The molecule has 66 valence electrons. The van der Waals surface area contributed by atoms with Gasteiger partial charge in [-0.2, -0.15) is 0 Å². The van der Waals surface area contributed by atoms with Gasteiger partial charge in [-0.05, 0) is 12.1 Å². The predicted molar refractivity (Wildman–Crippen MR) is 49.2 cm³/mol. The summed E-state index contributed by atoms with van der Waals surface area (Å²) in [6.45, 7) is -0.250.